The first kappa shape index (κ1) is 13.8. The molecule has 6 heteroatoms. The molecule has 1 heterocycles. The van der Waals surface area contributed by atoms with Gasteiger partial charge in [0.05, 0.1) is 0 Å². The van der Waals surface area contributed by atoms with E-state index in [0.717, 1.165) is 12.8 Å². The standard InChI is InChI=1S/C13H21N3O3/c1-9-5-4-6-13(7-9)11(18)14-12(19)16(13)8-10(17)15(2)3/h9H,4-8H2,1-3H3,(H,14,18,19). The highest BCUT2D eigenvalue weighted by atomic mass is 16.2. The van der Waals surface area contributed by atoms with Crippen molar-refractivity contribution in [1.82, 2.24) is 15.1 Å². The van der Waals surface area contributed by atoms with E-state index in [9.17, 15) is 14.4 Å². The van der Waals surface area contributed by atoms with E-state index in [-0.39, 0.29) is 18.4 Å². The number of rotatable bonds is 2. The minimum absolute atomic E-state index is 0.0305. The van der Waals surface area contributed by atoms with E-state index >= 15 is 0 Å². The fraction of sp³-hybridized carbons (Fsp3) is 0.769. The second-order valence-corrected chi connectivity index (χ2v) is 5.87. The van der Waals surface area contributed by atoms with Crippen LogP contribution in [0.1, 0.15) is 32.6 Å². The molecule has 2 rings (SSSR count). The van der Waals surface area contributed by atoms with Crippen molar-refractivity contribution < 1.29 is 14.4 Å². The zero-order valence-corrected chi connectivity index (χ0v) is 11.7. The lowest BCUT2D eigenvalue weighted by Gasteiger charge is -2.40. The lowest BCUT2D eigenvalue weighted by molar-refractivity contribution is -0.134. The summed E-state index contributed by atoms with van der Waals surface area (Å²) in [4.78, 5) is 38.8. The SMILES string of the molecule is CC1CCCC2(C1)C(=O)NC(=O)N2CC(=O)N(C)C. The average molecular weight is 267 g/mol. The Kier molecular flexibility index (Phi) is 3.52. The largest absolute Gasteiger partial charge is 0.347 e. The molecule has 1 saturated carbocycles. The molecule has 1 N–H and O–H groups in total. The zero-order chi connectivity index (χ0) is 14.2. The monoisotopic (exact) mass is 267 g/mol. The third-order valence-electron chi connectivity index (χ3n) is 4.17. The normalized spacial score (nSPS) is 30.7. The molecule has 2 atom stereocenters. The molecule has 2 fully saturated rings. The van der Waals surface area contributed by atoms with Crippen molar-refractivity contribution in [3.8, 4) is 0 Å². The molecule has 1 aliphatic heterocycles. The van der Waals surface area contributed by atoms with Crippen LogP contribution in [0.4, 0.5) is 4.79 Å². The quantitative estimate of drug-likeness (QED) is 0.744. The van der Waals surface area contributed by atoms with Gasteiger partial charge in [0.1, 0.15) is 12.1 Å². The van der Waals surface area contributed by atoms with E-state index < -0.39 is 11.6 Å². The van der Waals surface area contributed by atoms with Gasteiger partial charge in [0.2, 0.25) is 5.91 Å². The number of carbonyl (C=O) groups excluding carboxylic acids is 3. The summed E-state index contributed by atoms with van der Waals surface area (Å²) in [5.41, 5.74) is -0.805. The van der Waals surface area contributed by atoms with Gasteiger partial charge in [-0.05, 0) is 18.8 Å². The predicted molar refractivity (Wildman–Crippen MR) is 69.3 cm³/mol. The Bertz CT molecular complexity index is 421. The van der Waals surface area contributed by atoms with Gasteiger partial charge in [-0.3, -0.25) is 14.9 Å². The van der Waals surface area contributed by atoms with Gasteiger partial charge in [-0.25, -0.2) is 4.79 Å². The number of amides is 4. The summed E-state index contributed by atoms with van der Waals surface area (Å²) in [6, 6.07) is -0.436. The maximum atomic E-state index is 12.2. The third kappa shape index (κ3) is 2.31. The van der Waals surface area contributed by atoms with Crippen molar-refractivity contribution in [3.05, 3.63) is 0 Å². The van der Waals surface area contributed by atoms with Crippen molar-refractivity contribution in [2.24, 2.45) is 5.92 Å². The predicted octanol–water partition coefficient (Wildman–Crippen LogP) is 0.575. The van der Waals surface area contributed by atoms with E-state index in [4.69, 9.17) is 0 Å². The van der Waals surface area contributed by atoms with E-state index in [1.54, 1.807) is 14.1 Å². The number of carbonyl (C=O) groups is 3. The molecule has 4 amide bonds. The van der Waals surface area contributed by atoms with Crippen molar-refractivity contribution in [3.63, 3.8) is 0 Å². The van der Waals surface area contributed by atoms with Crippen molar-refractivity contribution in [1.29, 1.82) is 0 Å². The summed E-state index contributed by atoms with van der Waals surface area (Å²) >= 11 is 0. The van der Waals surface area contributed by atoms with Gasteiger partial charge in [0.15, 0.2) is 0 Å². The molecule has 0 bridgehead atoms. The number of hydrogen-bond donors (Lipinski definition) is 1. The Labute approximate surface area is 113 Å². The summed E-state index contributed by atoms with van der Waals surface area (Å²) in [7, 11) is 3.29. The fourth-order valence-corrected chi connectivity index (χ4v) is 3.07. The first-order chi connectivity index (χ1) is 8.86. The average Bonchev–Trinajstić information content (AvgIpc) is 2.53. The van der Waals surface area contributed by atoms with Gasteiger partial charge in [-0.15, -0.1) is 0 Å². The van der Waals surface area contributed by atoms with Crippen LogP contribution in [0.5, 0.6) is 0 Å². The first-order valence-corrected chi connectivity index (χ1v) is 6.70. The Balaban J connectivity index is 2.25. The van der Waals surface area contributed by atoms with Crippen LogP contribution in [0.25, 0.3) is 0 Å². The van der Waals surface area contributed by atoms with Gasteiger partial charge in [-0.1, -0.05) is 19.8 Å². The Hall–Kier alpha value is -1.59. The van der Waals surface area contributed by atoms with E-state index in [1.807, 2.05) is 0 Å². The number of urea groups is 1. The molecule has 2 unspecified atom stereocenters. The summed E-state index contributed by atoms with van der Waals surface area (Å²) in [6.07, 6.45) is 3.27. The number of hydrogen-bond acceptors (Lipinski definition) is 3. The summed E-state index contributed by atoms with van der Waals surface area (Å²) < 4.78 is 0. The van der Waals surface area contributed by atoms with Crippen LogP contribution in [0.2, 0.25) is 0 Å². The number of imide groups is 1. The van der Waals surface area contributed by atoms with Crippen molar-refractivity contribution in [2.45, 2.75) is 38.1 Å². The molecule has 1 aliphatic carbocycles. The van der Waals surface area contributed by atoms with E-state index in [0.29, 0.717) is 18.8 Å². The van der Waals surface area contributed by atoms with Crippen LogP contribution >= 0.6 is 0 Å². The lowest BCUT2D eigenvalue weighted by atomic mass is 9.75. The third-order valence-corrected chi connectivity index (χ3v) is 4.17. The number of nitrogens with one attached hydrogen (secondary N) is 1. The highest BCUT2D eigenvalue weighted by Gasteiger charge is 2.54. The molecule has 0 aromatic rings. The zero-order valence-electron chi connectivity index (χ0n) is 11.7. The van der Waals surface area contributed by atoms with Crippen molar-refractivity contribution >= 4 is 17.8 Å². The smallest absolute Gasteiger partial charge is 0.325 e. The van der Waals surface area contributed by atoms with Gasteiger partial charge >= 0.3 is 6.03 Å². The van der Waals surface area contributed by atoms with Crippen LogP contribution in [0.3, 0.4) is 0 Å². The first-order valence-electron chi connectivity index (χ1n) is 6.70. The van der Waals surface area contributed by atoms with Crippen LogP contribution < -0.4 is 5.32 Å². The molecule has 6 nitrogen and oxygen atoms in total. The van der Waals surface area contributed by atoms with Crippen LogP contribution in [0, 0.1) is 5.92 Å². The van der Waals surface area contributed by atoms with E-state index in [2.05, 4.69) is 12.2 Å². The van der Waals surface area contributed by atoms with Crippen LogP contribution in [-0.2, 0) is 9.59 Å². The molecule has 2 aliphatic rings. The molecule has 0 aromatic carbocycles. The minimum Gasteiger partial charge on any atom is -0.347 e. The molecular weight excluding hydrogens is 246 g/mol. The second kappa shape index (κ2) is 4.83. The maximum Gasteiger partial charge on any atom is 0.325 e. The van der Waals surface area contributed by atoms with Crippen molar-refractivity contribution in [2.75, 3.05) is 20.6 Å². The summed E-state index contributed by atoms with van der Waals surface area (Å²) in [5.74, 6) is -0.0135. The molecule has 0 aromatic heterocycles. The van der Waals surface area contributed by atoms with Gasteiger partial charge in [0, 0.05) is 14.1 Å². The molecular formula is C13H21N3O3. The molecule has 106 valence electrons. The molecule has 1 spiro atoms. The van der Waals surface area contributed by atoms with Gasteiger partial charge < -0.3 is 9.80 Å². The Morgan fingerprint density at radius 2 is 2.16 bits per heavy atom. The van der Waals surface area contributed by atoms with Crippen LogP contribution in [-0.4, -0.2) is 53.8 Å². The lowest BCUT2D eigenvalue weighted by Crippen LogP contribution is -2.54. The molecule has 19 heavy (non-hydrogen) atoms. The minimum atomic E-state index is -0.805. The highest BCUT2D eigenvalue weighted by Crippen LogP contribution is 2.39. The van der Waals surface area contributed by atoms with E-state index in [1.165, 1.54) is 9.80 Å². The molecule has 0 radical (unpaired) electrons. The Morgan fingerprint density at radius 1 is 1.47 bits per heavy atom. The van der Waals surface area contributed by atoms with Gasteiger partial charge in [-0.2, -0.15) is 0 Å². The number of likely N-dealkylation sites (N-methyl/N-ethyl adjacent to an activating group) is 1. The highest BCUT2D eigenvalue weighted by molar-refractivity contribution is 6.08. The van der Waals surface area contributed by atoms with Gasteiger partial charge in [0.25, 0.3) is 5.91 Å². The maximum absolute atomic E-state index is 12.2. The summed E-state index contributed by atoms with van der Waals surface area (Å²) in [6.45, 7) is 2.06. The Morgan fingerprint density at radius 3 is 2.74 bits per heavy atom. The second-order valence-electron chi connectivity index (χ2n) is 5.87. The topological polar surface area (TPSA) is 69.7 Å². The summed E-state index contributed by atoms with van der Waals surface area (Å²) in [5, 5.41) is 2.37. The molecule has 1 saturated heterocycles. The fourth-order valence-electron chi connectivity index (χ4n) is 3.07. The van der Waals surface area contributed by atoms with Crippen LogP contribution in [0.15, 0.2) is 0 Å². The number of nitrogens with zero attached hydrogens (tertiary/aromatic N) is 2.